The average Bonchev–Trinajstić information content (AvgIpc) is 2.29. The van der Waals surface area contributed by atoms with E-state index in [2.05, 4.69) is 15.9 Å². The number of alkyl halides is 1. The third-order valence-corrected chi connectivity index (χ3v) is 2.73. The van der Waals surface area contributed by atoms with Crippen molar-refractivity contribution in [3.05, 3.63) is 59.9 Å². The van der Waals surface area contributed by atoms with Crippen LogP contribution in [-0.4, -0.2) is 0 Å². The molecule has 0 saturated heterocycles. The number of hydrogen-bond donors (Lipinski definition) is 0. The summed E-state index contributed by atoms with van der Waals surface area (Å²) >= 11 is 3.37. The van der Waals surface area contributed by atoms with Gasteiger partial charge in [0.2, 0.25) is 0 Å². The highest BCUT2D eigenvalue weighted by Crippen LogP contribution is 2.23. The lowest BCUT2D eigenvalue weighted by Crippen LogP contribution is -1.86. The van der Waals surface area contributed by atoms with Crippen molar-refractivity contribution >= 4 is 15.9 Å². The standard InChI is InChI=1S/C13H10BrFO/c14-9-10-3-1-5-12(7-10)16-13-6-2-4-11(15)8-13/h1-8H,9H2. The third kappa shape index (κ3) is 2.83. The molecule has 3 heteroatoms. The molecular weight excluding hydrogens is 271 g/mol. The van der Waals surface area contributed by atoms with Crippen LogP contribution >= 0.6 is 15.9 Å². The number of rotatable bonds is 3. The van der Waals surface area contributed by atoms with Gasteiger partial charge in [0.1, 0.15) is 17.3 Å². The zero-order valence-corrected chi connectivity index (χ0v) is 10.1. The first kappa shape index (κ1) is 11.1. The van der Waals surface area contributed by atoms with E-state index in [0.29, 0.717) is 11.5 Å². The molecule has 0 saturated carbocycles. The van der Waals surface area contributed by atoms with Gasteiger partial charge in [0.15, 0.2) is 0 Å². The molecule has 0 radical (unpaired) electrons. The van der Waals surface area contributed by atoms with Gasteiger partial charge in [0.25, 0.3) is 0 Å². The number of halogens is 2. The van der Waals surface area contributed by atoms with Gasteiger partial charge in [-0.15, -0.1) is 0 Å². The quantitative estimate of drug-likeness (QED) is 0.752. The normalized spacial score (nSPS) is 10.1. The molecule has 0 unspecified atom stereocenters. The Morgan fingerprint density at radius 2 is 1.69 bits per heavy atom. The summed E-state index contributed by atoms with van der Waals surface area (Å²) in [5, 5.41) is 0.771. The van der Waals surface area contributed by atoms with E-state index in [1.165, 1.54) is 12.1 Å². The molecule has 0 atom stereocenters. The largest absolute Gasteiger partial charge is 0.457 e. The van der Waals surface area contributed by atoms with Gasteiger partial charge in [0, 0.05) is 11.4 Å². The molecular formula is C13H10BrFO. The van der Waals surface area contributed by atoms with Crippen molar-refractivity contribution in [2.75, 3.05) is 0 Å². The summed E-state index contributed by atoms with van der Waals surface area (Å²) in [6, 6.07) is 13.8. The lowest BCUT2D eigenvalue weighted by Gasteiger charge is -2.06. The Morgan fingerprint density at radius 1 is 1.00 bits per heavy atom. The molecule has 0 aromatic heterocycles. The Kier molecular flexibility index (Phi) is 3.57. The topological polar surface area (TPSA) is 9.23 Å². The number of benzene rings is 2. The van der Waals surface area contributed by atoms with Gasteiger partial charge in [-0.05, 0) is 29.8 Å². The van der Waals surface area contributed by atoms with Crippen molar-refractivity contribution < 1.29 is 9.13 Å². The molecule has 0 aliphatic heterocycles. The van der Waals surface area contributed by atoms with Gasteiger partial charge in [-0.2, -0.15) is 0 Å². The van der Waals surface area contributed by atoms with Crippen molar-refractivity contribution in [2.24, 2.45) is 0 Å². The third-order valence-electron chi connectivity index (χ3n) is 2.08. The van der Waals surface area contributed by atoms with Crippen LogP contribution in [-0.2, 0) is 5.33 Å². The first-order chi connectivity index (χ1) is 7.78. The summed E-state index contributed by atoms with van der Waals surface area (Å²) in [4.78, 5) is 0. The number of ether oxygens (including phenoxy) is 1. The van der Waals surface area contributed by atoms with E-state index in [-0.39, 0.29) is 5.82 Å². The highest BCUT2D eigenvalue weighted by Gasteiger charge is 1.99. The molecule has 0 bridgehead atoms. The van der Waals surface area contributed by atoms with E-state index in [1.807, 2.05) is 24.3 Å². The zero-order valence-electron chi connectivity index (χ0n) is 8.49. The van der Waals surface area contributed by atoms with E-state index in [1.54, 1.807) is 12.1 Å². The molecule has 16 heavy (non-hydrogen) atoms. The highest BCUT2D eigenvalue weighted by atomic mass is 79.9. The maximum absolute atomic E-state index is 12.9. The summed E-state index contributed by atoms with van der Waals surface area (Å²) in [6.07, 6.45) is 0. The Morgan fingerprint density at radius 3 is 2.38 bits per heavy atom. The summed E-state index contributed by atoms with van der Waals surface area (Å²) in [7, 11) is 0. The van der Waals surface area contributed by atoms with Crippen LogP contribution in [0.2, 0.25) is 0 Å². The van der Waals surface area contributed by atoms with Gasteiger partial charge in [0.05, 0.1) is 0 Å². The van der Waals surface area contributed by atoms with Crippen LogP contribution in [0, 0.1) is 5.82 Å². The van der Waals surface area contributed by atoms with Crippen LogP contribution in [0.4, 0.5) is 4.39 Å². The van der Waals surface area contributed by atoms with E-state index < -0.39 is 0 Å². The molecule has 1 nitrogen and oxygen atoms in total. The lowest BCUT2D eigenvalue weighted by atomic mass is 10.2. The van der Waals surface area contributed by atoms with Crippen LogP contribution in [0.3, 0.4) is 0 Å². The van der Waals surface area contributed by atoms with Gasteiger partial charge in [-0.25, -0.2) is 4.39 Å². The smallest absolute Gasteiger partial charge is 0.130 e. The molecule has 2 aromatic rings. The second kappa shape index (κ2) is 5.12. The monoisotopic (exact) mass is 280 g/mol. The van der Waals surface area contributed by atoms with E-state index in [4.69, 9.17) is 4.74 Å². The predicted octanol–water partition coefficient (Wildman–Crippen LogP) is 4.51. The minimum Gasteiger partial charge on any atom is -0.457 e. The van der Waals surface area contributed by atoms with Gasteiger partial charge in [-0.1, -0.05) is 34.1 Å². The Labute approximate surface area is 102 Å². The first-order valence-electron chi connectivity index (χ1n) is 4.86. The first-order valence-corrected chi connectivity index (χ1v) is 5.98. The van der Waals surface area contributed by atoms with E-state index in [9.17, 15) is 4.39 Å². The zero-order chi connectivity index (χ0) is 11.4. The minimum atomic E-state index is -0.297. The van der Waals surface area contributed by atoms with Crippen LogP contribution in [0.25, 0.3) is 0 Å². The van der Waals surface area contributed by atoms with Crippen molar-refractivity contribution in [3.8, 4) is 11.5 Å². The summed E-state index contributed by atoms with van der Waals surface area (Å²) in [6.45, 7) is 0. The van der Waals surface area contributed by atoms with Crippen LogP contribution < -0.4 is 4.74 Å². The molecule has 2 rings (SSSR count). The predicted molar refractivity (Wildman–Crippen MR) is 65.5 cm³/mol. The summed E-state index contributed by atoms with van der Waals surface area (Å²) < 4.78 is 18.5. The average molecular weight is 281 g/mol. The van der Waals surface area contributed by atoms with Crippen molar-refractivity contribution in [1.29, 1.82) is 0 Å². The second-order valence-corrected chi connectivity index (χ2v) is 3.90. The molecule has 0 N–H and O–H groups in total. The maximum Gasteiger partial charge on any atom is 0.130 e. The molecule has 0 aliphatic carbocycles. The van der Waals surface area contributed by atoms with Crippen molar-refractivity contribution in [2.45, 2.75) is 5.33 Å². The molecule has 0 amide bonds. The molecule has 82 valence electrons. The van der Waals surface area contributed by atoms with E-state index in [0.717, 1.165) is 10.9 Å². The molecule has 0 fully saturated rings. The fourth-order valence-electron chi connectivity index (χ4n) is 1.36. The van der Waals surface area contributed by atoms with E-state index >= 15 is 0 Å². The van der Waals surface area contributed by atoms with Crippen LogP contribution in [0.15, 0.2) is 48.5 Å². The Balaban J connectivity index is 2.20. The molecule has 0 aliphatic rings. The lowest BCUT2D eigenvalue weighted by molar-refractivity contribution is 0.476. The highest BCUT2D eigenvalue weighted by molar-refractivity contribution is 9.08. The summed E-state index contributed by atoms with van der Waals surface area (Å²) in [5.41, 5.74) is 1.12. The van der Waals surface area contributed by atoms with Gasteiger partial charge in [-0.3, -0.25) is 0 Å². The number of hydrogen-bond acceptors (Lipinski definition) is 1. The van der Waals surface area contributed by atoms with Crippen LogP contribution in [0.5, 0.6) is 11.5 Å². The molecule has 0 spiro atoms. The summed E-state index contributed by atoms with van der Waals surface area (Å²) in [5.74, 6) is 0.920. The molecule has 0 heterocycles. The van der Waals surface area contributed by atoms with Crippen molar-refractivity contribution in [3.63, 3.8) is 0 Å². The van der Waals surface area contributed by atoms with Gasteiger partial charge >= 0.3 is 0 Å². The second-order valence-electron chi connectivity index (χ2n) is 3.34. The van der Waals surface area contributed by atoms with Crippen LogP contribution in [0.1, 0.15) is 5.56 Å². The Bertz CT molecular complexity index is 485. The molecule has 2 aromatic carbocycles. The van der Waals surface area contributed by atoms with Crippen molar-refractivity contribution in [1.82, 2.24) is 0 Å². The Hall–Kier alpha value is -1.35. The SMILES string of the molecule is Fc1cccc(Oc2cccc(CBr)c2)c1. The fraction of sp³-hybridized carbons (Fsp3) is 0.0769. The maximum atomic E-state index is 12.9. The minimum absolute atomic E-state index is 0.297. The van der Waals surface area contributed by atoms with Gasteiger partial charge < -0.3 is 4.74 Å². The fourth-order valence-corrected chi connectivity index (χ4v) is 1.71.